The fourth-order valence-corrected chi connectivity index (χ4v) is 4.31. The van der Waals surface area contributed by atoms with Crippen LogP contribution in [0, 0.1) is 0 Å². The quantitative estimate of drug-likeness (QED) is 0.0453. The average molecular weight is 723 g/mol. The second-order valence-electron chi connectivity index (χ2n) is 11.4. The van der Waals surface area contributed by atoms with Gasteiger partial charge < -0.3 is 0 Å². The summed E-state index contributed by atoms with van der Waals surface area (Å²) in [6.45, 7) is 14.1. The van der Waals surface area contributed by atoms with E-state index in [1.807, 2.05) is 0 Å². The fraction of sp³-hybridized carbons (Fsp3) is 0.966. The molecule has 0 aromatic heterocycles. The molecule has 0 aromatic carbocycles. The topological polar surface area (TPSA) is 130 Å². The SMILES string of the molecule is CCCCCCN(CCCCCC)C(N(CCCCCC)CCCCCC)=[N+](C)C.NS(=O)(=O)C(F)(F)F.NS(=O)(=O)C(F)(F)F. The van der Waals surface area contributed by atoms with Crippen molar-refractivity contribution < 1.29 is 47.8 Å². The number of alkyl halides is 6. The lowest BCUT2D eigenvalue weighted by atomic mass is 10.1. The van der Waals surface area contributed by atoms with E-state index in [4.69, 9.17) is 0 Å². The van der Waals surface area contributed by atoms with Crippen LogP contribution in [-0.4, -0.2) is 88.5 Å². The summed E-state index contributed by atoms with van der Waals surface area (Å²) in [5.41, 5.74) is -10.6. The molecule has 17 heteroatoms. The third-order valence-corrected chi connectivity index (χ3v) is 8.03. The van der Waals surface area contributed by atoms with Crippen molar-refractivity contribution in [3.8, 4) is 0 Å². The lowest BCUT2D eigenvalue weighted by Crippen LogP contribution is -2.50. The van der Waals surface area contributed by atoms with E-state index in [2.05, 4.69) is 66.4 Å². The lowest BCUT2D eigenvalue weighted by molar-refractivity contribution is -0.476. The van der Waals surface area contributed by atoms with Crippen LogP contribution >= 0.6 is 0 Å². The summed E-state index contributed by atoms with van der Waals surface area (Å²) in [7, 11) is -6.14. The van der Waals surface area contributed by atoms with Gasteiger partial charge in [0, 0.05) is 0 Å². The van der Waals surface area contributed by atoms with Gasteiger partial charge in [0.1, 0.15) is 0 Å². The molecule has 0 unspecified atom stereocenters. The molecule has 0 heterocycles. The van der Waals surface area contributed by atoms with Crippen LogP contribution in [0.5, 0.6) is 0 Å². The van der Waals surface area contributed by atoms with Crippen molar-refractivity contribution in [2.75, 3.05) is 40.3 Å². The standard InChI is InChI=1S/C27H58N3.2CH2F3NO2S/c1-7-11-15-19-23-29(24-20-16-12-8-2)27(28(5)6)30(25-21-17-13-9-3)26-22-18-14-10-4;2*2-1(3,4)8(5,6)7/h7-26H2,1-6H3;2*(H2,5,6,7)/q+1;;. The number of primary sulfonamides is 2. The number of guanidine groups is 1. The summed E-state index contributed by atoms with van der Waals surface area (Å²) in [6, 6.07) is 0. The van der Waals surface area contributed by atoms with E-state index in [1.165, 1.54) is 135 Å². The summed E-state index contributed by atoms with van der Waals surface area (Å²) in [5.74, 6) is 1.50. The highest BCUT2D eigenvalue weighted by Gasteiger charge is 2.43. The predicted molar refractivity (Wildman–Crippen MR) is 175 cm³/mol. The molecule has 0 bridgehead atoms. The minimum atomic E-state index is -5.34. The number of sulfonamides is 2. The molecule has 0 aliphatic rings. The predicted octanol–water partition coefficient (Wildman–Crippen LogP) is 7.13. The third kappa shape index (κ3) is 26.7. The van der Waals surface area contributed by atoms with E-state index in [1.54, 1.807) is 0 Å². The van der Waals surface area contributed by atoms with Crippen molar-refractivity contribution >= 4 is 26.0 Å². The summed E-state index contributed by atoms with van der Waals surface area (Å²) >= 11 is 0. The Morgan fingerprint density at radius 2 is 0.696 bits per heavy atom. The minimum absolute atomic E-state index is 1.22. The number of nitrogens with two attached hydrogens (primary N) is 2. The first-order valence-corrected chi connectivity index (χ1v) is 19.4. The second kappa shape index (κ2) is 26.6. The summed E-state index contributed by atoms with van der Waals surface area (Å²) in [6.07, 6.45) is 21.6. The molecule has 9 nitrogen and oxygen atoms in total. The molecule has 0 radical (unpaired) electrons. The Bertz CT molecular complexity index is 893. The van der Waals surface area contributed by atoms with Crippen LogP contribution in [0.1, 0.15) is 130 Å². The van der Waals surface area contributed by atoms with Gasteiger partial charge in [-0.25, -0.2) is 27.1 Å². The van der Waals surface area contributed by atoms with Gasteiger partial charge in [-0.15, -0.1) is 0 Å². The maximum absolute atomic E-state index is 10.8. The molecule has 0 aliphatic carbocycles. The third-order valence-electron chi connectivity index (χ3n) is 6.74. The number of halogens is 6. The van der Waals surface area contributed by atoms with Gasteiger partial charge in [-0.3, -0.25) is 14.4 Å². The van der Waals surface area contributed by atoms with Crippen molar-refractivity contribution in [2.24, 2.45) is 10.3 Å². The van der Waals surface area contributed by atoms with Gasteiger partial charge in [-0.05, 0) is 25.7 Å². The molecule has 0 spiro atoms. The zero-order valence-electron chi connectivity index (χ0n) is 28.9. The zero-order chi connectivity index (χ0) is 36.5. The van der Waals surface area contributed by atoms with E-state index < -0.39 is 31.1 Å². The normalized spacial score (nSPS) is 12.0. The van der Waals surface area contributed by atoms with Crippen LogP contribution in [0.25, 0.3) is 0 Å². The first-order chi connectivity index (χ1) is 21.1. The Hall–Kier alpha value is -1.33. The maximum atomic E-state index is 10.8. The van der Waals surface area contributed by atoms with E-state index in [0.717, 1.165) is 0 Å². The minimum Gasteiger partial charge on any atom is -0.270 e. The van der Waals surface area contributed by atoms with Crippen LogP contribution in [0.2, 0.25) is 0 Å². The van der Waals surface area contributed by atoms with Gasteiger partial charge in [-0.2, -0.15) is 26.3 Å². The highest BCUT2D eigenvalue weighted by atomic mass is 32.2. The van der Waals surface area contributed by atoms with Crippen molar-refractivity contribution in [3.05, 3.63) is 0 Å². The molecule has 4 N–H and O–H groups in total. The van der Waals surface area contributed by atoms with Crippen molar-refractivity contribution in [2.45, 2.75) is 141 Å². The molecule has 0 aliphatic heterocycles. The Labute approximate surface area is 275 Å². The average Bonchev–Trinajstić information content (AvgIpc) is 2.91. The van der Waals surface area contributed by atoms with Crippen LogP contribution in [0.15, 0.2) is 0 Å². The highest BCUT2D eigenvalue weighted by Crippen LogP contribution is 2.19. The van der Waals surface area contributed by atoms with Gasteiger partial charge in [0.25, 0.3) is 0 Å². The van der Waals surface area contributed by atoms with Crippen LogP contribution in [-0.2, 0) is 20.0 Å². The first kappa shape index (κ1) is 49.1. The molecule has 0 fully saturated rings. The Morgan fingerprint density at radius 1 is 0.500 bits per heavy atom. The lowest BCUT2D eigenvalue weighted by Gasteiger charge is -2.30. The zero-order valence-corrected chi connectivity index (χ0v) is 30.5. The van der Waals surface area contributed by atoms with Gasteiger partial charge in [0.05, 0.1) is 40.3 Å². The summed E-state index contributed by atoms with van der Waals surface area (Å²) in [5, 5.41) is 7.32. The molecule has 0 saturated heterocycles. The molecule has 46 heavy (non-hydrogen) atoms. The Balaban J connectivity index is -0.000000938. The van der Waals surface area contributed by atoms with E-state index >= 15 is 0 Å². The van der Waals surface area contributed by atoms with Crippen molar-refractivity contribution in [1.82, 2.24) is 9.80 Å². The molecule has 0 atom stereocenters. The molecule has 0 saturated carbocycles. The molecular formula is C29H62F6N5O4S2+. The molecule has 0 aromatic rings. The first-order valence-electron chi connectivity index (χ1n) is 16.3. The fourth-order valence-electron chi connectivity index (χ4n) is 4.31. The number of nitrogens with zero attached hydrogens (tertiary/aromatic N) is 3. The van der Waals surface area contributed by atoms with Gasteiger partial charge in [-0.1, -0.05) is 105 Å². The van der Waals surface area contributed by atoms with E-state index in [9.17, 15) is 43.2 Å². The van der Waals surface area contributed by atoms with Crippen LogP contribution < -0.4 is 10.3 Å². The number of rotatable bonds is 20. The molecule has 280 valence electrons. The van der Waals surface area contributed by atoms with Crippen molar-refractivity contribution in [3.63, 3.8) is 0 Å². The number of hydrogen-bond acceptors (Lipinski definition) is 4. The van der Waals surface area contributed by atoms with Gasteiger partial charge in [0.15, 0.2) is 0 Å². The second-order valence-corrected chi connectivity index (χ2v) is 14.5. The molecule has 0 amide bonds. The summed E-state index contributed by atoms with van der Waals surface area (Å²) < 4.78 is 105. The van der Waals surface area contributed by atoms with Gasteiger partial charge >= 0.3 is 37.0 Å². The smallest absolute Gasteiger partial charge is 0.270 e. The Morgan fingerprint density at radius 3 is 0.826 bits per heavy atom. The van der Waals surface area contributed by atoms with Crippen LogP contribution in [0.4, 0.5) is 26.3 Å². The van der Waals surface area contributed by atoms with Crippen LogP contribution in [0.3, 0.4) is 0 Å². The maximum Gasteiger partial charge on any atom is 0.511 e. The largest absolute Gasteiger partial charge is 0.511 e. The number of unbranched alkanes of at least 4 members (excludes halogenated alkanes) is 12. The highest BCUT2D eigenvalue weighted by molar-refractivity contribution is 7.90. The van der Waals surface area contributed by atoms with E-state index in [0.29, 0.717) is 0 Å². The Kier molecular flexibility index (Phi) is 28.4. The summed E-state index contributed by atoms with van der Waals surface area (Å²) in [4.78, 5) is 5.48. The number of hydrogen-bond donors (Lipinski definition) is 2. The van der Waals surface area contributed by atoms with Crippen molar-refractivity contribution in [1.29, 1.82) is 0 Å². The van der Waals surface area contributed by atoms with Gasteiger partial charge in [0.2, 0.25) is 0 Å². The monoisotopic (exact) mass is 722 g/mol. The van der Waals surface area contributed by atoms with E-state index in [-0.39, 0.29) is 0 Å². The molecule has 0 rings (SSSR count). The molecular weight excluding hydrogens is 660 g/mol.